The topological polar surface area (TPSA) is 65.2 Å². The van der Waals surface area contributed by atoms with E-state index < -0.39 is 5.97 Å². The molecule has 0 radical (unpaired) electrons. The van der Waals surface area contributed by atoms with Crippen molar-refractivity contribution in [2.75, 3.05) is 12.8 Å². The Morgan fingerprint density at radius 2 is 1.94 bits per heavy atom. The number of hydrogen-bond donors (Lipinski definition) is 1. The predicted octanol–water partition coefficient (Wildman–Crippen LogP) is 2.77. The number of nitrogens with two attached hydrogens (primary N) is 1. The van der Waals surface area contributed by atoms with E-state index in [-0.39, 0.29) is 10.7 Å². The highest BCUT2D eigenvalue weighted by atomic mass is 35.5. The lowest BCUT2D eigenvalue weighted by atomic mass is 10.1. The van der Waals surface area contributed by atoms with Gasteiger partial charge in [-0.2, -0.15) is 0 Å². The van der Waals surface area contributed by atoms with E-state index in [0.717, 1.165) is 11.1 Å². The van der Waals surface area contributed by atoms with Crippen molar-refractivity contribution in [1.82, 2.24) is 4.98 Å². The number of benzene rings is 1. The molecule has 2 aromatic rings. The number of ether oxygens (including phenoxy) is 1. The number of halogens is 1. The fraction of sp³-hybridized carbons (Fsp3) is 0.0769. The van der Waals surface area contributed by atoms with E-state index in [4.69, 9.17) is 17.3 Å². The summed E-state index contributed by atoms with van der Waals surface area (Å²) >= 11 is 5.85. The van der Waals surface area contributed by atoms with Crippen LogP contribution in [0.2, 0.25) is 5.15 Å². The van der Waals surface area contributed by atoms with Crippen molar-refractivity contribution in [3.05, 3.63) is 47.2 Å². The molecule has 0 atom stereocenters. The van der Waals surface area contributed by atoms with Crippen LogP contribution in [0.5, 0.6) is 0 Å². The molecule has 0 spiro atoms. The molecule has 0 aliphatic heterocycles. The minimum Gasteiger partial charge on any atom is -0.465 e. The number of nitrogen functional groups attached to an aromatic ring is 1. The Kier molecular flexibility index (Phi) is 3.48. The first kappa shape index (κ1) is 12.4. The van der Waals surface area contributed by atoms with Gasteiger partial charge >= 0.3 is 5.97 Å². The number of pyridine rings is 1. The minimum absolute atomic E-state index is 0.126. The third kappa shape index (κ3) is 2.43. The highest BCUT2D eigenvalue weighted by Crippen LogP contribution is 2.24. The van der Waals surface area contributed by atoms with Crippen LogP contribution in [-0.2, 0) is 4.74 Å². The van der Waals surface area contributed by atoms with E-state index in [1.165, 1.54) is 7.11 Å². The summed E-state index contributed by atoms with van der Waals surface area (Å²) in [7, 11) is 1.30. The molecule has 18 heavy (non-hydrogen) atoms. The van der Waals surface area contributed by atoms with Gasteiger partial charge in [0.15, 0.2) is 0 Å². The standard InChI is InChI=1S/C13H11ClN2O2/c1-18-13(17)11-6-9(7-16-12(11)14)8-2-4-10(15)5-3-8/h2-7H,15H2,1H3. The van der Waals surface area contributed by atoms with Crippen LogP contribution in [0.4, 0.5) is 5.69 Å². The van der Waals surface area contributed by atoms with Gasteiger partial charge in [0, 0.05) is 17.4 Å². The van der Waals surface area contributed by atoms with Crippen molar-refractivity contribution in [2.24, 2.45) is 0 Å². The van der Waals surface area contributed by atoms with E-state index in [1.54, 1.807) is 24.4 Å². The van der Waals surface area contributed by atoms with Crippen LogP contribution in [-0.4, -0.2) is 18.1 Å². The Labute approximate surface area is 109 Å². The zero-order valence-corrected chi connectivity index (χ0v) is 10.4. The van der Waals surface area contributed by atoms with Gasteiger partial charge in [0.25, 0.3) is 0 Å². The van der Waals surface area contributed by atoms with Crippen LogP contribution < -0.4 is 5.73 Å². The maximum Gasteiger partial charge on any atom is 0.341 e. The molecule has 0 bridgehead atoms. The normalized spacial score (nSPS) is 10.1. The van der Waals surface area contributed by atoms with Crippen molar-refractivity contribution in [2.45, 2.75) is 0 Å². The predicted molar refractivity (Wildman–Crippen MR) is 70.4 cm³/mol. The second-order valence-electron chi connectivity index (χ2n) is 3.68. The van der Waals surface area contributed by atoms with Crippen LogP contribution >= 0.6 is 11.6 Å². The molecule has 4 nitrogen and oxygen atoms in total. The van der Waals surface area contributed by atoms with Crippen LogP contribution in [0, 0.1) is 0 Å². The molecule has 0 aliphatic rings. The van der Waals surface area contributed by atoms with Gasteiger partial charge in [-0.25, -0.2) is 9.78 Å². The van der Waals surface area contributed by atoms with Crippen LogP contribution in [0.3, 0.4) is 0 Å². The van der Waals surface area contributed by atoms with Gasteiger partial charge in [-0.15, -0.1) is 0 Å². The highest BCUT2D eigenvalue weighted by Gasteiger charge is 2.13. The summed E-state index contributed by atoms with van der Waals surface area (Å²) in [5, 5.41) is 0.126. The fourth-order valence-corrected chi connectivity index (χ4v) is 1.72. The summed E-state index contributed by atoms with van der Waals surface area (Å²) in [6.45, 7) is 0. The van der Waals surface area contributed by atoms with Gasteiger partial charge in [-0.1, -0.05) is 23.7 Å². The van der Waals surface area contributed by atoms with Crippen LogP contribution in [0.1, 0.15) is 10.4 Å². The lowest BCUT2D eigenvalue weighted by Crippen LogP contribution is -2.03. The summed E-state index contributed by atoms with van der Waals surface area (Å²) < 4.78 is 4.64. The highest BCUT2D eigenvalue weighted by molar-refractivity contribution is 6.32. The summed E-state index contributed by atoms with van der Waals surface area (Å²) in [5.74, 6) is -0.509. The first-order valence-corrected chi connectivity index (χ1v) is 5.59. The maximum absolute atomic E-state index is 11.5. The average Bonchev–Trinajstić information content (AvgIpc) is 2.39. The van der Waals surface area contributed by atoms with E-state index in [0.29, 0.717) is 5.69 Å². The van der Waals surface area contributed by atoms with Crippen molar-refractivity contribution >= 4 is 23.3 Å². The quantitative estimate of drug-likeness (QED) is 0.513. The summed E-state index contributed by atoms with van der Waals surface area (Å²) in [4.78, 5) is 15.5. The molecule has 5 heteroatoms. The lowest BCUT2D eigenvalue weighted by Gasteiger charge is -2.06. The molecule has 1 aromatic heterocycles. The Morgan fingerprint density at radius 3 is 2.56 bits per heavy atom. The molecule has 92 valence electrons. The largest absolute Gasteiger partial charge is 0.465 e. The van der Waals surface area contributed by atoms with Crippen molar-refractivity contribution in [3.63, 3.8) is 0 Å². The number of methoxy groups -OCH3 is 1. The third-order valence-electron chi connectivity index (χ3n) is 2.49. The molecular formula is C13H11ClN2O2. The Morgan fingerprint density at radius 1 is 1.28 bits per heavy atom. The van der Waals surface area contributed by atoms with E-state index in [9.17, 15) is 4.79 Å². The van der Waals surface area contributed by atoms with Crippen LogP contribution in [0.25, 0.3) is 11.1 Å². The molecule has 0 saturated carbocycles. The van der Waals surface area contributed by atoms with E-state index in [2.05, 4.69) is 9.72 Å². The molecule has 1 aromatic carbocycles. The fourth-order valence-electron chi connectivity index (χ4n) is 1.53. The molecule has 0 unspecified atom stereocenters. The third-order valence-corrected chi connectivity index (χ3v) is 2.79. The molecule has 1 heterocycles. The van der Waals surface area contributed by atoms with Gasteiger partial charge in [-0.05, 0) is 23.8 Å². The molecule has 0 amide bonds. The van der Waals surface area contributed by atoms with Crippen LogP contribution in [0.15, 0.2) is 36.5 Å². The summed E-state index contributed by atoms with van der Waals surface area (Å²) in [5.41, 5.74) is 8.22. The first-order chi connectivity index (χ1) is 8.61. The molecule has 0 fully saturated rings. The molecule has 2 rings (SSSR count). The molecule has 0 aliphatic carbocycles. The molecule has 0 saturated heterocycles. The van der Waals surface area contributed by atoms with Gasteiger partial charge in [0.05, 0.1) is 12.7 Å². The number of nitrogens with zero attached hydrogens (tertiary/aromatic N) is 1. The zero-order valence-electron chi connectivity index (χ0n) is 9.68. The number of carbonyl (C=O) groups is 1. The number of rotatable bonds is 2. The Hall–Kier alpha value is -2.07. The lowest BCUT2D eigenvalue weighted by molar-refractivity contribution is 0.0600. The molecular weight excluding hydrogens is 252 g/mol. The van der Waals surface area contributed by atoms with Gasteiger partial charge in [0.2, 0.25) is 0 Å². The summed E-state index contributed by atoms with van der Waals surface area (Å²) in [6.07, 6.45) is 1.60. The maximum atomic E-state index is 11.5. The number of anilines is 1. The zero-order chi connectivity index (χ0) is 13.1. The monoisotopic (exact) mass is 262 g/mol. The average molecular weight is 263 g/mol. The Bertz CT molecular complexity index is 582. The number of aromatic nitrogens is 1. The number of esters is 1. The second-order valence-corrected chi connectivity index (χ2v) is 4.03. The number of hydrogen-bond acceptors (Lipinski definition) is 4. The van der Waals surface area contributed by atoms with E-state index in [1.807, 2.05) is 12.1 Å². The smallest absolute Gasteiger partial charge is 0.341 e. The first-order valence-electron chi connectivity index (χ1n) is 5.21. The van der Waals surface area contributed by atoms with Crippen molar-refractivity contribution in [1.29, 1.82) is 0 Å². The molecule has 2 N–H and O–H groups in total. The summed E-state index contributed by atoms with van der Waals surface area (Å²) in [6, 6.07) is 8.90. The van der Waals surface area contributed by atoms with Gasteiger partial charge in [-0.3, -0.25) is 0 Å². The van der Waals surface area contributed by atoms with Gasteiger partial charge < -0.3 is 10.5 Å². The second kappa shape index (κ2) is 5.06. The minimum atomic E-state index is -0.509. The SMILES string of the molecule is COC(=O)c1cc(-c2ccc(N)cc2)cnc1Cl. The number of carbonyl (C=O) groups excluding carboxylic acids is 1. The van der Waals surface area contributed by atoms with Gasteiger partial charge in [0.1, 0.15) is 5.15 Å². The Balaban J connectivity index is 2.46. The van der Waals surface area contributed by atoms with Crippen molar-refractivity contribution in [3.8, 4) is 11.1 Å². The van der Waals surface area contributed by atoms with E-state index >= 15 is 0 Å². The van der Waals surface area contributed by atoms with Crippen molar-refractivity contribution < 1.29 is 9.53 Å².